The van der Waals surface area contributed by atoms with Crippen molar-refractivity contribution in [2.24, 2.45) is 5.73 Å². The molecule has 98 valence electrons. The molecule has 3 N–H and O–H groups in total. The molecule has 2 rings (SSSR count). The monoisotopic (exact) mass is 259 g/mol. The lowest BCUT2D eigenvalue weighted by molar-refractivity contribution is -0.137. The van der Waals surface area contributed by atoms with Gasteiger partial charge in [-0.15, -0.1) is 0 Å². The third-order valence-electron chi connectivity index (χ3n) is 2.87. The second-order valence-corrected chi connectivity index (χ2v) is 4.34. The first-order valence-electron chi connectivity index (χ1n) is 5.89. The summed E-state index contributed by atoms with van der Waals surface area (Å²) in [6.07, 6.45) is -0.132. The van der Waals surface area contributed by atoms with Gasteiger partial charge in [0.2, 0.25) is 0 Å². The molecule has 0 aliphatic rings. The van der Waals surface area contributed by atoms with Gasteiger partial charge in [0.05, 0.1) is 6.42 Å². The molecule has 0 aliphatic heterocycles. The molecule has 0 saturated heterocycles. The summed E-state index contributed by atoms with van der Waals surface area (Å²) in [5, 5.41) is 8.74. The van der Waals surface area contributed by atoms with E-state index in [2.05, 4.69) is 0 Å². The van der Waals surface area contributed by atoms with Gasteiger partial charge in [-0.3, -0.25) is 4.79 Å². The van der Waals surface area contributed by atoms with Crippen LogP contribution in [0.1, 0.15) is 18.0 Å². The van der Waals surface area contributed by atoms with Crippen molar-refractivity contribution >= 4 is 5.97 Å². The zero-order chi connectivity index (χ0) is 13.8. The van der Waals surface area contributed by atoms with Crippen LogP contribution >= 0.6 is 0 Å². The molecule has 0 saturated carbocycles. The fraction of sp³-hybridized carbons (Fsp3) is 0.133. The van der Waals surface area contributed by atoms with Crippen molar-refractivity contribution in [3.63, 3.8) is 0 Å². The highest BCUT2D eigenvalue weighted by Crippen LogP contribution is 2.24. The van der Waals surface area contributed by atoms with Crippen LogP contribution in [0.15, 0.2) is 48.5 Å². The fourth-order valence-electron chi connectivity index (χ4n) is 1.92. The van der Waals surface area contributed by atoms with Crippen LogP contribution in [-0.2, 0) is 4.79 Å². The lowest BCUT2D eigenvalue weighted by atomic mass is 9.98. The number of halogens is 1. The highest BCUT2D eigenvalue weighted by Gasteiger charge is 2.11. The Morgan fingerprint density at radius 1 is 1.16 bits per heavy atom. The summed E-state index contributed by atoms with van der Waals surface area (Å²) in [7, 11) is 0. The Morgan fingerprint density at radius 3 is 2.42 bits per heavy atom. The van der Waals surface area contributed by atoms with Crippen molar-refractivity contribution in [3.05, 3.63) is 59.9 Å². The maximum atomic E-state index is 13.2. The number of carboxylic acids is 1. The van der Waals surface area contributed by atoms with Crippen LogP contribution in [0, 0.1) is 5.82 Å². The second kappa shape index (κ2) is 5.63. The second-order valence-electron chi connectivity index (χ2n) is 4.34. The van der Waals surface area contributed by atoms with Gasteiger partial charge < -0.3 is 10.8 Å². The minimum atomic E-state index is -0.941. The number of hydrogen-bond acceptors (Lipinski definition) is 2. The predicted molar refractivity (Wildman–Crippen MR) is 71.0 cm³/mol. The van der Waals surface area contributed by atoms with Crippen molar-refractivity contribution in [2.45, 2.75) is 12.5 Å². The average Bonchev–Trinajstić information content (AvgIpc) is 2.38. The molecular formula is C15H14FNO2. The summed E-state index contributed by atoms with van der Waals surface area (Å²) >= 11 is 0. The van der Waals surface area contributed by atoms with Crippen LogP contribution in [0.2, 0.25) is 0 Å². The summed E-state index contributed by atoms with van der Waals surface area (Å²) in [4.78, 5) is 10.7. The molecule has 0 fully saturated rings. The molecule has 0 unspecified atom stereocenters. The molecule has 2 aromatic rings. The molecule has 1 atom stereocenters. The first-order chi connectivity index (χ1) is 9.06. The highest BCUT2D eigenvalue weighted by atomic mass is 19.1. The largest absolute Gasteiger partial charge is 0.481 e. The Morgan fingerprint density at radius 2 is 1.79 bits per heavy atom. The first kappa shape index (κ1) is 13.2. The third kappa shape index (κ3) is 3.39. The minimum Gasteiger partial charge on any atom is -0.481 e. The van der Waals surface area contributed by atoms with Gasteiger partial charge in [0.15, 0.2) is 0 Å². The van der Waals surface area contributed by atoms with Crippen molar-refractivity contribution in [2.75, 3.05) is 0 Å². The Labute approximate surface area is 110 Å². The zero-order valence-electron chi connectivity index (χ0n) is 10.2. The maximum Gasteiger partial charge on any atom is 0.305 e. The summed E-state index contributed by atoms with van der Waals surface area (Å²) in [5.74, 6) is -1.25. The van der Waals surface area contributed by atoms with Crippen LogP contribution in [0.25, 0.3) is 11.1 Å². The van der Waals surface area contributed by atoms with E-state index in [-0.39, 0.29) is 12.2 Å². The van der Waals surface area contributed by atoms with Gasteiger partial charge in [-0.1, -0.05) is 30.3 Å². The Balaban J connectivity index is 2.31. The van der Waals surface area contributed by atoms with Crippen LogP contribution in [0.3, 0.4) is 0 Å². The number of aliphatic carboxylic acids is 1. The summed E-state index contributed by atoms with van der Waals surface area (Å²) < 4.78 is 13.2. The molecular weight excluding hydrogens is 245 g/mol. The van der Waals surface area contributed by atoms with Crippen LogP contribution in [-0.4, -0.2) is 11.1 Å². The molecule has 2 aromatic carbocycles. The molecule has 0 amide bonds. The Hall–Kier alpha value is -2.20. The Kier molecular flexibility index (Phi) is 3.92. The van der Waals surface area contributed by atoms with Crippen molar-refractivity contribution in [1.82, 2.24) is 0 Å². The lowest BCUT2D eigenvalue weighted by Gasteiger charge is -2.11. The van der Waals surface area contributed by atoms with E-state index in [1.807, 2.05) is 6.07 Å². The molecule has 3 nitrogen and oxygen atoms in total. The number of hydrogen-bond donors (Lipinski definition) is 2. The van der Waals surface area contributed by atoms with E-state index in [9.17, 15) is 9.18 Å². The van der Waals surface area contributed by atoms with Gasteiger partial charge in [-0.25, -0.2) is 4.39 Å². The van der Waals surface area contributed by atoms with Crippen LogP contribution < -0.4 is 5.73 Å². The summed E-state index contributed by atoms with van der Waals surface area (Å²) in [5.41, 5.74) is 8.10. The van der Waals surface area contributed by atoms with Crippen molar-refractivity contribution in [1.29, 1.82) is 0 Å². The van der Waals surface area contributed by atoms with Gasteiger partial charge >= 0.3 is 5.97 Å². The van der Waals surface area contributed by atoms with Crippen molar-refractivity contribution < 1.29 is 14.3 Å². The maximum absolute atomic E-state index is 13.2. The number of benzene rings is 2. The van der Waals surface area contributed by atoms with E-state index in [1.54, 1.807) is 30.3 Å². The lowest BCUT2D eigenvalue weighted by Crippen LogP contribution is -2.14. The molecule has 19 heavy (non-hydrogen) atoms. The molecule has 0 bridgehead atoms. The standard InChI is InChI=1S/C15H14FNO2/c16-13-6-2-4-11(8-13)10-3-1-5-12(7-10)14(17)9-15(18)19/h1-8,14H,9,17H2,(H,18,19)/t14-/m0/s1. The van der Waals surface area contributed by atoms with Gasteiger partial charge in [0.1, 0.15) is 5.82 Å². The molecule has 4 heteroatoms. The van der Waals surface area contributed by atoms with Gasteiger partial charge in [0, 0.05) is 6.04 Å². The van der Waals surface area contributed by atoms with Gasteiger partial charge in [0.25, 0.3) is 0 Å². The third-order valence-corrected chi connectivity index (χ3v) is 2.87. The van der Waals surface area contributed by atoms with E-state index < -0.39 is 12.0 Å². The highest BCUT2D eigenvalue weighted by molar-refractivity contribution is 5.69. The summed E-state index contributed by atoms with van der Waals surface area (Å²) in [6, 6.07) is 12.9. The SMILES string of the molecule is N[C@@H](CC(=O)O)c1cccc(-c2cccc(F)c2)c1. The number of nitrogens with two attached hydrogens (primary N) is 1. The van der Waals surface area contributed by atoms with Gasteiger partial charge in [-0.2, -0.15) is 0 Å². The van der Waals surface area contributed by atoms with E-state index >= 15 is 0 Å². The molecule has 0 spiro atoms. The predicted octanol–water partition coefficient (Wildman–Crippen LogP) is 2.97. The van der Waals surface area contributed by atoms with E-state index in [0.717, 1.165) is 16.7 Å². The topological polar surface area (TPSA) is 63.3 Å². The molecule has 0 aliphatic carbocycles. The van der Waals surface area contributed by atoms with Crippen LogP contribution in [0.5, 0.6) is 0 Å². The zero-order valence-corrected chi connectivity index (χ0v) is 10.2. The average molecular weight is 259 g/mol. The number of carboxylic acid groups (broad SMARTS) is 1. The number of carbonyl (C=O) groups is 1. The van der Waals surface area contributed by atoms with E-state index in [0.29, 0.717) is 0 Å². The minimum absolute atomic E-state index is 0.132. The first-order valence-corrected chi connectivity index (χ1v) is 5.89. The van der Waals surface area contributed by atoms with Crippen molar-refractivity contribution in [3.8, 4) is 11.1 Å². The smallest absolute Gasteiger partial charge is 0.305 e. The van der Waals surface area contributed by atoms with E-state index in [4.69, 9.17) is 10.8 Å². The van der Waals surface area contributed by atoms with E-state index in [1.165, 1.54) is 12.1 Å². The molecule has 0 radical (unpaired) electrons. The number of rotatable bonds is 4. The normalized spacial score (nSPS) is 12.1. The quantitative estimate of drug-likeness (QED) is 0.887. The Bertz CT molecular complexity index is 598. The van der Waals surface area contributed by atoms with Crippen LogP contribution in [0.4, 0.5) is 4.39 Å². The fourth-order valence-corrected chi connectivity index (χ4v) is 1.92. The molecule has 0 heterocycles. The molecule has 0 aromatic heterocycles. The summed E-state index contributed by atoms with van der Waals surface area (Å²) in [6.45, 7) is 0. The van der Waals surface area contributed by atoms with Gasteiger partial charge in [-0.05, 0) is 34.9 Å².